The molecule has 5 nitrogen and oxygen atoms in total. The number of nitro groups is 1. The number of hydrogen-bond acceptors (Lipinski definition) is 4. The monoisotopic (exact) mass is 213 g/mol. The summed E-state index contributed by atoms with van der Waals surface area (Å²) in [5, 5.41) is 26.9. The van der Waals surface area contributed by atoms with Gasteiger partial charge in [0.05, 0.1) is 0 Å². The Morgan fingerprint density at radius 1 is 1.60 bits per heavy atom. The lowest BCUT2D eigenvalue weighted by Gasteiger charge is -2.10. The molecule has 2 N–H and O–H groups in total. The first kappa shape index (κ1) is 9.80. The van der Waals surface area contributed by atoms with Crippen LogP contribution in [-0.2, 0) is 0 Å². The number of alkyl halides is 1. The van der Waals surface area contributed by atoms with Crippen LogP contribution in [0.15, 0.2) is 0 Å². The van der Waals surface area contributed by atoms with Crippen molar-refractivity contribution in [2.75, 3.05) is 6.54 Å². The Kier molecular flexibility index (Phi) is 3.77. The van der Waals surface area contributed by atoms with Crippen molar-refractivity contribution in [3.63, 3.8) is 0 Å². The van der Waals surface area contributed by atoms with Gasteiger partial charge in [-0.1, -0.05) is 0 Å². The predicted molar refractivity (Wildman–Crippen MR) is 37.2 cm³/mol. The quantitative estimate of drug-likeness (QED) is 0.300. The lowest BCUT2D eigenvalue weighted by atomic mass is 10.3. The first-order valence-corrected chi connectivity index (χ1v) is 3.46. The van der Waals surface area contributed by atoms with Gasteiger partial charge in [0.1, 0.15) is 0 Å². The molecule has 0 saturated heterocycles. The molecule has 0 atom stereocenters. The summed E-state index contributed by atoms with van der Waals surface area (Å²) in [6.45, 7) is -0.242. The molecule has 0 spiro atoms. The summed E-state index contributed by atoms with van der Waals surface area (Å²) in [5.41, 5.74) is 0. The number of rotatable bonds is 4. The molecule has 0 aromatic carbocycles. The molecule has 0 heterocycles. The topological polar surface area (TPSA) is 83.6 Å². The van der Waals surface area contributed by atoms with Crippen LogP contribution >= 0.6 is 15.9 Å². The average molecular weight is 214 g/mol. The van der Waals surface area contributed by atoms with Crippen LogP contribution in [-0.4, -0.2) is 26.4 Å². The molecule has 0 aliphatic rings. The second kappa shape index (κ2) is 3.85. The van der Waals surface area contributed by atoms with E-state index in [1.165, 1.54) is 0 Å². The Bertz CT molecular complexity index is 121. The molecule has 0 radical (unpaired) electrons. The summed E-state index contributed by atoms with van der Waals surface area (Å²) in [7, 11) is 0. The standard InChI is InChI=1S/C4H8BrNO4/c5-4(7,8)2-1-3-6(9)10/h7-8H,1-3H2. The number of aliphatic hydroxyl groups is 2. The maximum atomic E-state index is 9.71. The van der Waals surface area contributed by atoms with E-state index in [1.54, 1.807) is 0 Å². The first-order chi connectivity index (χ1) is 4.42. The summed E-state index contributed by atoms with van der Waals surface area (Å²) < 4.78 is -1.96. The molecule has 60 valence electrons. The van der Waals surface area contributed by atoms with Crippen LogP contribution in [0.2, 0.25) is 0 Å². The maximum Gasteiger partial charge on any atom is 0.221 e. The van der Waals surface area contributed by atoms with Crippen LogP contribution in [0, 0.1) is 10.1 Å². The van der Waals surface area contributed by atoms with E-state index in [-0.39, 0.29) is 19.4 Å². The molecule has 0 aromatic heterocycles. The predicted octanol–water partition coefficient (Wildman–Crippen LogP) is 0.0766. The maximum absolute atomic E-state index is 9.71. The third kappa shape index (κ3) is 7.80. The van der Waals surface area contributed by atoms with Gasteiger partial charge in [-0.2, -0.15) is 0 Å². The molecule has 0 aliphatic carbocycles. The van der Waals surface area contributed by atoms with Crippen molar-refractivity contribution in [3.05, 3.63) is 10.1 Å². The lowest BCUT2D eigenvalue weighted by Crippen LogP contribution is -2.19. The second-order valence-corrected chi connectivity index (χ2v) is 3.15. The van der Waals surface area contributed by atoms with Gasteiger partial charge in [0.15, 0.2) is 0 Å². The highest BCUT2D eigenvalue weighted by Crippen LogP contribution is 2.15. The lowest BCUT2D eigenvalue weighted by molar-refractivity contribution is -0.481. The Labute approximate surface area is 65.9 Å². The summed E-state index contributed by atoms with van der Waals surface area (Å²) in [5.74, 6) is 0. The van der Waals surface area contributed by atoms with E-state index in [0.29, 0.717) is 0 Å². The van der Waals surface area contributed by atoms with Crippen LogP contribution in [0.1, 0.15) is 12.8 Å². The summed E-state index contributed by atoms with van der Waals surface area (Å²) >= 11 is 2.52. The minimum Gasteiger partial charge on any atom is -0.357 e. The van der Waals surface area contributed by atoms with Gasteiger partial charge in [-0.15, -0.1) is 0 Å². The van der Waals surface area contributed by atoms with Crippen molar-refractivity contribution in [1.82, 2.24) is 0 Å². The van der Waals surface area contributed by atoms with Crippen LogP contribution in [0.25, 0.3) is 0 Å². The van der Waals surface area contributed by atoms with E-state index in [2.05, 4.69) is 15.9 Å². The minimum absolute atomic E-state index is 0.0476. The molecule has 0 aromatic rings. The Morgan fingerprint density at radius 2 is 2.10 bits per heavy atom. The smallest absolute Gasteiger partial charge is 0.221 e. The van der Waals surface area contributed by atoms with Gasteiger partial charge < -0.3 is 10.2 Å². The number of halogens is 1. The SMILES string of the molecule is O=[N+]([O-])CCCC(O)(O)Br. The molecular formula is C4H8BrNO4. The molecular weight excluding hydrogens is 206 g/mol. The molecule has 0 fully saturated rings. The molecule has 0 unspecified atom stereocenters. The molecule has 0 amide bonds. The van der Waals surface area contributed by atoms with Crippen LogP contribution < -0.4 is 0 Å². The third-order valence-corrected chi connectivity index (χ3v) is 1.23. The van der Waals surface area contributed by atoms with E-state index in [0.717, 1.165) is 0 Å². The minimum atomic E-state index is -1.96. The van der Waals surface area contributed by atoms with Gasteiger partial charge >= 0.3 is 0 Å². The van der Waals surface area contributed by atoms with Crippen molar-refractivity contribution in [2.24, 2.45) is 0 Å². The normalized spacial score (nSPS) is 11.5. The van der Waals surface area contributed by atoms with Crippen molar-refractivity contribution >= 4 is 15.9 Å². The van der Waals surface area contributed by atoms with E-state index in [9.17, 15) is 10.1 Å². The van der Waals surface area contributed by atoms with Crippen molar-refractivity contribution < 1.29 is 15.1 Å². The molecule has 0 saturated carbocycles. The van der Waals surface area contributed by atoms with Gasteiger partial charge in [-0.05, 0) is 15.9 Å². The largest absolute Gasteiger partial charge is 0.357 e. The van der Waals surface area contributed by atoms with E-state index in [1.807, 2.05) is 0 Å². The zero-order valence-corrected chi connectivity index (χ0v) is 6.74. The fraction of sp³-hybridized carbons (Fsp3) is 1.00. The van der Waals surface area contributed by atoms with E-state index >= 15 is 0 Å². The van der Waals surface area contributed by atoms with Crippen molar-refractivity contribution in [1.29, 1.82) is 0 Å². The van der Waals surface area contributed by atoms with Crippen LogP contribution in [0.3, 0.4) is 0 Å². The van der Waals surface area contributed by atoms with E-state index < -0.39 is 9.62 Å². The number of hydrogen-bond donors (Lipinski definition) is 2. The Hall–Kier alpha value is -0.200. The zero-order chi connectivity index (χ0) is 8.20. The highest BCUT2D eigenvalue weighted by molar-refractivity contribution is 9.09. The van der Waals surface area contributed by atoms with Gasteiger partial charge in [0.25, 0.3) is 0 Å². The highest BCUT2D eigenvalue weighted by atomic mass is 79.9. The second-order valence-electron chi connectivity index (χ2n) is 1.88. The molecule has 0 rings (SSSR count). The van der Waals surface area contributed by atoms with Crippen molar-refractivity contribution in [2.45, 2.75) is 17.5 Å². The Balaban J connectivity index is 3.29. The fourth-order valence-corrected chi connectivity index (χ4v) is 0.713. The molecule has 6 heteroatoms. The molecule has 0 bridgehead atoms. The molecule has 0 aliphatic heterocycles. The van der Waals surface area contributed by atoms with Gasteiger partial charge in [0.2, 0.25) is 11.2 Å². The fourth-order valence-electron chi connectivity index (χ4n) is 0.433. The summed E-state index contributed by atoms with van der Waals surface area (Å²) in [6, 6.07) is 0. The third-order valence-electron chi connectivity index (χ3n) is 0.836. The van der Waals surface area contributed by atoms with Crippen LogP contribution in [0.4, 0.5) is 0 Å². The summed E-state index contributed by atoms with van der Waals surface area (Å²) in [6.07, 6.45) is 0.0965. The Morgan fingerprint density at radius 3 is 2.40 bits per heavy atom. The first-order valence-electron chi connectivity index (χ1n) is 2.67. The molecule has 10 heavy (non-hydrogen) atoms. The van der Waals surface area contributed by atoms with Gasteiger partial charge in [-0.25, -0.2) is 0 Å². The van der Waals surface area contributed by atoms with E-state index in [4.69, 9.17) is 10.2 Å². The zero-order valence-electron chi connectivity index (χ0n) is 5.16. The highest BCUT2D eigenvalue weighted by Gasteiger charge is 2.17. The van der Waals surface area contributed by atoms with Gasteiger partial charge in [-0.3, -0.25) is 10.1 Å². The average Bonchev–Trinajstić information content (AvgIpc) is 1.59. The number of nitrogens with zero attached hydrogens (tertiary/aromatic N) is 1. The summed E-state index contributed by atoms with van der Waals surface area (Å²) in [4.78, 5) is 9.21. The van der Waals surface area contributed by atoms with Crippen molar-refractivity contribution in [3.8, 4) is 0 Å². The van der Waals surface area contributed by atoms with Gasteiger partial charge in [0, 0.05) is 17.8 Å². The van der Waals surface area contributed by atoms with Crippen LogP contribution in [0.5, 0.6) is 0 Å².